The van der Waals surface area contributed by atoms with Gasteiger partial charge in [0.05, 0.1) is 39.9 Å². The number of pyridine rings is 10. The highest BCUT2D eigenvalue weighted by molar-refractivity contribution is 5.73. The molecule has 0 atom stereocenters. The summed E-state index contributed by atoms with van der Waals surface area (Å²) in [5.41, 5.74) is 24.7. The van der Waals surface area contributed by atoms with Crippen LogP contribution in [0.3, 0.4) is 0 Å². The van der Waals surface area contributed by atoms with Crippen LogP contribution in [-0.4, -0.2) is 94.7 Å². The van der Waals surface area contributed by atoms with E-state index in [-0.39, 0.29) is 0 Å². The molecule has 552 valence electrons. The van der Waals surface area contributed by atoms with Gasteiger partial charge in [-0.15, -0.1) is 0 Å². The van der Waals surface area contributed by atoms with E-state index in [1.54, 1.807) is 99.1 Å². The minimum atomic E-state index is 0.654. The van der Waals surface area contributed by atoms with Crippen molar-refractivity contribution in [3.8, 4) is 135 Å². The van der Waals surface area contributed by atoms with E-state index in [0.29, 0.717) is 23.3 Å². The van der Waals surface area contributed by atoms with Crippen LogP contribution in [-0.2, 0) is 0 Å². The van der Waals surface area contributed by atoms with Crippen LogP contribution in [0.5, 0.6) is 0 Å². The Balaban J connectivity index is 0.000000119. The highest BCUT2D eigenvalue weighted by atomic mass is 15.0. The molecule has 19 heteroatoms. The standard InChI is InChI=1S/2C17H14N2.2C16H13N3.C15H12N4.C14H11N5/c1-13-11-16(14-5-3-2-4-6-14)12-17(19-13)15-7-9-18-10-8-15;1-13-11-16(14-5-3-2-4-6-14)19-17(12-13)15-7-9-18-10-8-15;1-12-18-15(13-5-3-2-4-6-13)11-16(19-12)14-7-9-17-10-8-14;1-12-11-15(13-5-3-2-4-6-13)19-16(18-12)14-7-9-17-10-8-14;1-11-10-14(12-2-6-16-7-3-12)19-15(18-11)13-4-8-17-9-5-13;1-10-17-13(11-2-6-15-7-3-11)19-14(18-10)12-4-8-16-9-5-12/h2*2-12H,1H3;2*2-11H,1H3;2-10H,1H3;2-9H,1H3. The van der Waals surface area contributed by atoms with Gasteiger partial charge in [0.25, 0.3) is 0 Å². The Morgan fingerprint density at radius 3 is 0.702 bits per heavy atom. The minimum absolute atomic E-state index is 0.654. The van der Waals surface area contributed by atoms with Crippen molar-refractivity contribution < 1.29 is 0 Å². The summed E-state index contributed by atoms with van der Waals surface area (Å²) in [7, 11) is 0. The molecule has 19 nitrogen and oxygen atoms in total. The van der Waals surface area contributed by atoms with Gasteiger partial charge in [-0.2, -0.15) is 0 Å². The summed E-state index contributed by atoms with van der Waals surface area (Å²) in [4.78, 5) is 81.9. The SMILES string of the molecule is Cc1cc(-c2ccccc2)cc(-c2ccncc2)n1.Cc1cc(-c2ccccc2)nc(-c2ccncc2)c1.Cc1cc(-c2ccccc2)nc(-c2ccncc2)n1.Cc1cc(-c2ccncc2)nc(-c2ccncc2)n1.Cc1nc(-c2ccccc2)cc(-c2ccncc2)n1.Cc1nc(-c2ccncc2)nc(-c2ccncc2)n1. The Labute approximate surface area is 662 Å². The maximum atomic E-state index is 4.75. The zero-order valence-corrected chi connectivity index (χ0v) is 63.6. The molecule has 0 radical (unpaired) electrons. The maximum absolute atomic E-state index is 4.75. The largest absolute Gasteiger partial charge is 0.265 e. The molecule has 0 aliphatic rings. The van der Waals surface area contributed by atoms with E-state index in [4.69, 9.17) is 4.98 Å². The molecule has 114 heavy (non-hydrogen) atoms. The first-order valence-electron chi connectivity index (χ1n) is 36.7. The molecule has 18 rings (SSSR count). The second-order valence-electron chi connectivity index (χ2n) is 25.8. The van der Waals surface area contributed by atoms with E-state index in [2.05, 4.69) is 182 Å². The zero-order chi connectivity index (χ0) is 78.5. The second-order valence-corrected chi connectivity index (χ2v) is 25.8. The molecule has 0 N–H and O–H groups in total. The van der Waals surface area contributed by atoms with Crippen LogP contribution >= 0.6 is 0 Å². The number of hydrogen-bond acceptors (Lipinski definition) is 19. The van der Waals surface area contributed by atoms with E-state index < -0.39 is 0 Å². The topological polar surface area (TPSA) is 245 Å². The number of hydrogen-bond donors (Lipinski definition) is 0. The molecule has 18 aromatic rings. The fourth-order valence-electron chi connectivity index (χ4n) is 11.8. The van der Waals surface area contributed by atoms with Gasteiger partial charge in [-0.1, -0.05) is 121 Å². The van der Waals surface area contributed by atoms with Crippen LogP contribution in [0.2, 0.25) is 0 Å². The van der Waals surface area contributed by atoms with E-state index >= 15 is 0 Å². The third-order valence-corrected chi connectivity index (χ3v) is 17.2. The molecule has 0 saturated heterocycles. The molecule has 14 heterocycles. The Bertz CT molecular complexity index is 4690. The molecule has 0 bridgehead atoms. The third-order valence-electron chi connectivity index (χ3n) is 17.2. The lowest BCUT2D eigenvalue weighted by atomic mass is 10.0. The minimum Gasteiger partial charge on any atom is -0.265 e. The van der Waals surface area contributed by atoms with E-state index in [1.165, 1.54) is 16.7 Å². The summed E-state index contributed by atoms with van der Waals surface area (Å²) >= 11 is 0. The fourth-order valence-corrected chi connectivity index (χ4v) is 11.8. The van der Waals surface area contributed by atoms with Gasteiger partial charge in [0.1, 0.15) is 11.6 Å². The molecular formula is C95H77N19. The summed E-state index contributed by atoms with van der Waals surface area (Å²) in [6, 6.07) is 86.2. The van der Waals surface area contributed by atoms with Crippen molar-refractivity contribution in [2.24, 2.45) is 0 Å². The number of benzene rings is 4. The van der Waals surface area contributed by atoms with Crippen LogP contribution in [0.4, 0.5) is 0 Å². The van der Waals surface area contributed by atoms with Crippen molar-refractivity contribution in [2.45, 2.75) is 41.5 Å². The number of aryl methyl sites for hydroxylation is 6. The quantitative estimate of drug-likeness (QED) is 0.110. The molecule has 0 aliphatic heterocycles. The van der Waals surface area contributed by atoms with Gasteiger partial charge in [-0.25, -0.2) is 49.8 Å². The van der Waals surface area contributed by atoms with Gasteiger partial charge in [0.2, 0.25) is 0 Å². The summed E-state index contributed by atoms with van der Waals surface area (Å²) in [6.07, 6.45) is 28.1. The third kappa shape index (κ3) is 22.0. The summed E-state index contributed by atoms with van der Waals surface area (Å²) in [6.45, 7) is 11.8. The molecule has 0 saturated carbocycles. The van der Waals surface area contributed by atoms with Crippen molar-refractivity contribution in [1.29, 1.82) is 0 Å². The molecule has 0 fully saturated rings. The van der Waals surface area contributed by atoms with Gasteiger partial charge in [-0.3, -0.25) is 44.9 Å². The monoisotopic (exact) mass is 1480 g/mol. The van der Waals surface area contributed by atoms with Gasteiger partial charge in [0.15, 0.2) is 23.3 Å². The van der Waals surface area contributed by atoms with Crippen LogP contribution in [0.1, 0.15) is 34.3 Å². The lowest BCUT2D eigenvalue weighted by Gasteiger charge is -2.07. The van der Waals surface area contributed by atoms with Crippen molar-refractivity contribution in [2.75, 3.05) is 0 Å². The normalized spacial score (nSPS) is 10.4. The van der Waals surface area contributed by atoms with E-state index in [1.807, 2.05) is 211 Å². The first-order valence-corrected chi connectivity index (χ1v) is 36.7. The van der Waals surface area contributed by atoms with Crippen molar-refractivity contribution >= 4 is 0 Å². The molecule has 0 unspecified atom stereocenters. The predicted molar refractivity (Wildman–Crippen MR) is 450 cm³/mol. The fraction of sp³-hybridized carbons (Fsp3) is 0.0632. The number of aromatic nitrogens is 19. The second kappa shape index (κ2) is 39.1. The van der Waals surface area contributed by atoms with Gasteiger partial charge in [-0.05, 0) is 198 Å². The molecule has 4 aromatic carbocycles. The summed E-state index contributed by atoms with van der Waals surface area (Å²) in [5, 5.41) is 0. The van der Waals surface area contributed by atoms with Crippen LogP contribution in [0.15, 0.2) is 360 Å². The average Bonchev–Trinajstić information content (AvgIpc) is 0.855. The van der Waals surface area contributed by atoms with Crippen molar-refractivity contribution in [1.82, 2.24) is 94.7 Å². The molecule has 14 aromatic heterocycles. The first-order chi connectivity index (χ1) is 56.0. The summed E-state index contributed by atoms with van der Waals surface area (Å²) in [5.74, 6) is 4.22. The van der Waals surface area contributed by atoms with Crippen molar-refractivity contribution in [3.05, 3.63) is 394 Å². The van der Waals surface area contributed by atoms with Gasteiger partial charge >= 0.3 is 0 Å². The molecule has 0 aliphatic carbocycles. The maximum Gasteiger partial charge on any atom is 0.163 e. The smallest absolute Gasteiger partial charge is 0.163 e. The first kappa shape index (κ1) is 76.8. The Morgan fingerprint density at radius 1 is 0.149 bits per heavy atom. The molecular weight excluding hydrogens is 1410 g/mol. The highest BCUT2D eigenvalue weighted by Gasteiger charge is 2.13. The van der Waals surface area contributed by atoms with Crippen LogP contribution < -0.4 is 0 Å². The number of rotatable bonds is 12. The van der Waals surface area contributed by atoms with Gasteiger partial charge < -0.3 is 0 Å². The Kier molecular flexibility index (Phi) is 26.4. The number of nitrogens with zero attached hydrogens (tertiary/aromatic N) is 19. The van der Waals surface area contributed by atoms with Crippen LogP contribution in [0.25, 0.3) is 135 Å². The Hall–Kier alpha value is -15.4. The Morgan fingerprint density at radius 2 is 0.386 bits per heavy atom. The zero-order valence-electron chi connectivity index (χ0n) is 63.6. The average molecular weight is 1480 g/mol. The van der Waals surface area contributed by atoms with E-state index in [0.717, 1.165) is 130 Å². The molecule has 0 amide bonds. The summed E-state index contributed by atoms with van der Waals surface area (Å²) < 4.78 is 0. The highest BCUT2D eigenvalue weighted by Crippen LogP contribution is 2.30. The lowest BCUT2D eigenvalue weighted by Crippen LogP contribution is -1.99. The lowest BCUT2D eigenvalue weighted by molar-refractivity contribution is 0.990. The molecule has 0 spiro atoms. The predicted octanol–water partition coefficient (Wildman–Crippen LogP) is 20.5. The van der Waals surface area contributed by atoms with Gasteiger partial charge in [0, 0.05) is 177 Å². The van der Waals surface area contributed by atoms with E-state index in [9.17, 15) is 0 Å². The van der Waals surface area contributed by atoms with Crippen molar-refractivity contribution in [3.63, 3.8) is 0 Å². The van der Waals surface area contributed by atoms with Crippen LogP contribution in [0, 0.1) is 41.5 Å².